The van der Waals surface area contributed by atoms with Crippen molar-refractivity contribution in [2.45, 2.75) is 50.5 Å². The Hall–Kier alpha value is -1.08. The molecule has 0 spiro atoms. The molecule has 1 aromatic rings. The van der Waals surface area contributed by atoms with Crippen LogP contribution in [0.1, 0.15) is 50.1 Å². The van der Waals surface area contributed by atoms with Crippen LogP contribution in [0.3, 0.4) is 0 Å². The van der Waals surface area contributed by atoms with Crippen LogP contribution in [-0.2, 0) is 21.6 Å². The smallest absolute Gasteiger partial charge is 0.150 e. The fraction of sp³-hybridized carbons (Fsp3) is 0.812. The van der Waals surface area contributed by atoms with Crippen molar-refractivity contribution in [2.24, 2.45) is 7.05 Å². The number of hydrogen-bond acceptors (Lipinski definition) is 5. The standard InChI is InChI=1S/C16H27N3O3S/c1-19-12-15(16(18-19)13-4-2-3-5-13)17-8-9-22-14-6-10-23(20,21)11-7-14/h12-14,17H,2-11H2,1H3. The lowest BCUT2D eigenvalue weighted by molar-refractivity contribution is 0.0539. The molecule has 0 amide bonds. The number of nitrogens with zero attached hydrogens (tertiary/aromatic N) is 2. The average Bonchev–Trinajstić information content (AvgIpc) is 3.14. The number of ether oxygens (including phenoxy) is 1. The van der Waals surface area contributed by atoms with Crippen LogP contribution in [0.4, 0.5) is 5.69 Å². The Labute approximate surface area is 138 Å². The third kappa shape index (κ3) is 4.47. The summed E-state index contributed by atoms with van der Waals surface area (Å²) in [4.78, 5) is 0. The minimum absolute atomic E-state index is 0.0866. The van der Waals surface area contributed by atoms with Crippen molar-refractivity contribution in [3.8, 4) is 0 Å². The first kappa shape index (κ1) is 16.8. The Morgan fingerprint density at radius 3 is 2.65 bits per heavy atom. The number of anilines is 1. The molecule has 0 radical (unpaired) electrons. The van der Waals surface area contributed by atoms with Crippen molar-refractivity contribution in [3.05, 3.63) is 11.9 Å². The van der Waals surface area contributed by atoms with Gasteiger partial charge in [-0.15, -0.1) is 0 Å². The van der Waals surface area contributed by atoms with E-state index in [1.807, 2.05) is 17.9 Å². The second-order valence-corrected chi connectivity index (χ2v) is 9.04. The van der Waals surface area contributed by atoms with Crippen LogP contribution < -0.4 is 5.32 Å². The van der Waals surface area contributed by atoms with Crippen LogP contribution >= 0.6 is 0 Å². The molecule has 2 heterocycles. The van der Waals surface area contributed by atoms with Crippen molar-refractivity contribution in [2.75, 3.05) is 30.0 Å². The lowest BCUT2D eigenvalue weighted by atomic mass is 10.0. The average molecular weight is 341 g/mol. The second kappa shape index (κ2) is 7.21. The number of nitrogens with one attached hydrogen (secondary N) is 1. The summed E-state index contributed by atoms with van der Waals surface area (Å²) in [5.41, 5.74) is 2.31. The van der Waals surface area contributed by atoms with Crippen molar-refractivity contribution in [3.63, 3.8) is 0 Å². The molecule has 6 nitrogen and oxygen atoms in total. The Kier molecular flexibility index (Phi) is 5.26. The maximum atomic E-state index is 11.4. The van der Waals surface area contributed by atoms with Crippen LogP contribution in [0, 0.1) is 0 Å². The summed E-state index contributed by atoms with van der Waals surface area (Å²) in [6, 6.07) is 0. The van der Waals surface area contributed by atoms with E-state index in [1.54, 1.807) is 0 Å². The second-order valence-electron chi connectivity index (χ2n) is 6.73. The molecular formula is C16H27N3O3S. The summed E-state index contributed by atoms with van der Waals surface area (Å²) < 4.78 is 30.5. The zero-order valence-corrected chi connectivity index (χ0v) is 14.6. The third-order valence-corrected chi connectivity index (χ3v) is 6.59. The molecule has 7 heteroatoms. The molecular weight excluding hydrogens is 314 g/mol. The van der Waals surface area contributed by atoms with Gasteiger partial charge in [0.25, 0.3) is 0 Å². The Morgan fingerprint density at radius 2 is 1.96 bits per heavy atom. The van der Waals surface area contributed by atoms with E-state index in [0.717, 1.165) is 12.2 Å². The Bertz CT molecular complexity index is 607. The number of aryl methyl sites for hydroxylation is 1. The molecule has 2 fully saturated rings. The van der Waals surface area contributed by atoms with Crippen molar-refractivity contribution in [1.29, 1.82) is 0 Å². The molecule has 1 aliphatic carbocycles. The van der Waals surface area contributed by atoms with Crippen LogP contribution in [0.15, 0.2) is 6.20 Å². The highest BCUT2D eigenvalue weighted by atomic mass is 32.2. The van der Waals surface area contributed by atoms with Gasteiger partial charge in [0.2, 0.25) is 0 Å². The number of aromatic nitrogens is 2. The van der Waals surface area contributed by atoms with E-state index in [-0.39, 0.29) is 17.6 Å². The summed E-state index contributed by atoms with van der Waals surface area (Å²) in [5, 5.41) is 8.06. The van der Waals surface area contributed by atoms with Gasteiger partial charge < -0.3 is 10.1 Å². The van der Waals surface area contributed by atoms with Gasteiger partial charge in [-0.2, -0.15) is 5.10 Å². The zero-order valence-electron chi connectivity index (χ0n) is 13.8. The van der Waals surface area contributed by atoms with Gasteiger partial charge in [0.15, 0.2) is 9.84 Å². The molecule has 1 N–H and O–H groups in total. The predicted molar refractivity (Wildman–Crippen MR) is 90.5 cm³/mol. The van der Waals surface area contributed by atoms with Crippen LogP contribution in [0.2, 0.25) is 0 Å². The highest BCUT2D eigenvalue weighted by Gasteiger charge is 2.24. The van der Waals surface area contributed by atoms with Crippen molar-refractivity contribution in [1.82, 2.24) is 9.78 Å². The predicted octanol–water partition coefficient (Wildman–Crippen LogP) is 2.08. The molecule has 0 atom stereocenters. The summed E-state index contributed by atoms with van der Waals surface area (Å²) in [6.07, 6.45) is 8.45. The minimum Gasteiger partial charge on any atom is -0.380 e. The topological polar surface area (TPSA) is 73.2 Å². The summed E-state index contributed by atoms with van der Waals surface area (Å²) >= 11 is 0. The first-order valence-electron chi connectivity index (χ1n) is 8.63. The van der Waals surface area contributed by atoms with E-state index in [4.69, 9.17) is 4.74 Å². The van der Waals surface area contributed by atoms with Crippen LogP contribution in [0.25, 0.3) is 0 Å². The van der Waals surface area contributed by atoms with Crippen molar-refractivity contribution < 1.29 is 13.2 Å². The van der Waals surface area contributed by atoms with E-state index in [0.29, 0.717) is 25.4 Å². The van der Waals surface area contributed by atoms with Crippen LogP contribution in [0.5, 0.6) is 0 Å². The largest absolute Gasteiger partial charge is 0.380 e. The minimum atomic E-state index is -2.81. The fourth-order valence-electron chi connectivity index (χ4n) is 3.59. The molecule has 23 heavy (non-hydrogen) atoms. The lowest BCUT2D eigenvalue weighted by Crippen LogP contribution is -2.30. The maximum Gasteiger partial charge on any atom is 0.150 e. The van der Waals surface area contributed by atoms with E-state index in [2.05, 4.69) is 10.4 Å². The van der Waals surface area contributed by atoms with E-state index in [9.17, 15) is 8.42 Å². The third-order valence-electron chi connectivity index (χ3n) is 4.87. The molecule has 130 valence electrons. The summed E-state index contributed by atoms with van der Waals surface area (Å²) in [5.74, 6) is 1.11. The van der Waals surface area contributed by atoms with Gasteiger partial charge in [-0.05, 0) is 25.7 Å². The van der Waals surface area contributed by atoms with Gasteiger partial charge in [-0.1, -0.05) is 12.8 Å². The van der Waals surface area contributed by atoms with E-state index < -0.39 is 9.84 Å². The molecule has 1 aliphatic heterocycles. The quantitative estimate of drug-likeness (QED) is 0.802. The molecule has 1 saturated heterocycles. The summed E-state index contributed by atoms with van der Waals surface area (Å²) in [7, 11) is -0.847. The maximum absolute atomic E-state index is 11.4. The molecule has 0 bridgehead atoms. The first-order valence-corrected chi connectivity index (χ1v) is 10.4. The molecule has 1 saturated carbocycles. The van der Waals surface area contributed by atoms with E-state index in [1.165, 1.54) is 31.4 Å². The van der Waals surface area contributed by atoms with Gasteiger partial charge in [0.1, 0.15) is 0 Å². The van der Waals surface area contributed by atoms with Gasteiger partial charge in [0, 0.05) is 25.7 Å². The molecule has 0 aromatic carbocycles. The highest BCUT2D eigenvalue weighted by Crippen LogP contribution is 2.36. The molecule has 1 aromatic heterocycles. The lowest BCUT2D eigenvalue weighted by Gasteiger charge is -2.22. The number of sulfone groups is 1. The molecule has 2 aliphatic rings. The molecule has 3 rings (SSSR count). The number of rotatable bonds is 6. The van der Waals surface area contributed by atoms with Gasteiger partial charge in [-0.25, -0.2) is 8.42 Å². The van der Waals surface area contributed by atoms with Gasteiger partial charge in [-0.3, -0.25) is 4.68 Å². The van der Waals surface area contributed by atoms with E-state index >= 15 is 0 Å². The van der Waals surface area contributed by atoms with Gasteiger partial charge >= 0.3 is 0 Å². The first-order chi connectivity index (χ1) is 11.0. The Balaban J connectivity index is 1.44. The SMILES string of the molecule is Cn1cc(NCCOC2CCS(=O)(=O)CC2)c(C2CCCC2)n1. The van der Waals surface area contributed by atoms with Gasteiger partial charge in [0.05, 0.1) is 35.6 Å². The van der Waals surface area contributed by atoms with Crippen LogP contribution in [-0.4, -0.2) is 49.0 Å². The normalized spacial score (nSPS) is 22.5. The molecule has 0 unspecified atom stereocenters. The zero-order chi connectivity index (χ0) is 16.3. The number of hydrogen-bond donors (Lipinski definition) is 1. The monoisotopic (exact) mass is 341 g/mol. The fourth-order valence-corrected chi connectivity index (χ4v) is 5.04. The Morgan fingerprint density at radius 1 is 1.26 bits per heavy atom. The highest BCUT2D eigenvalue weighted by molar-refractivity contribution is 7.91. The van der Waals surface area contributed by atoms with Crippen molar-refractivity contribution >= 4 is 15.5 Å². The summed E-state index contributed by atoms with van der Waals surface area (Å²) in [6.45, 7) is 1.33.